The van der Waals surface area contributed by atoms with Gasteiger partial charge in [0.15, 0.2) is 0 Å². The molecular formula is C32H36N4OV. The topological polar surface area (TPSA) is 82.5 Å². The molecular weight excluding hydrogens is 507 g/mol. The minimum Gasteiger partial charge on any atom is -2.00 e. The zero-order chi connectivity index (χ0) is 25.7. The van der Waals surface area contributed by atoms with E-state index in [1.165, 1.54) is 44.5 Å². The first-order valence-electron chi connectivity index (χ1n) is 13.3. The monoisotopic (exact) mass is 543 g/mol. The molecule has 38 heavy (non-hydrogen) atoms. The Labute approximate surface area is 238 Å². The summed E-state index contributed by atoms with van der Waals surface area (Å²) in [5, 5.41) is 0. The molecule has 0 N–H and O–H groups in total. The Balaban J connectivity index is 0.00000200. The number of aryl methyl sites for hydroxylation is 4. The largest absolute Gasteiger partial charge is 4.00 e. The molecule has 2 aliphatic rings. The molecule has 0 saturated heterocycles. The fourth-order valence-electron chi connectivity index (χ4n) is 5.85. The molecule has 0 atom stereocenters. The Kier molecular flexibility index (Phi) is 8.98. The van der Waals surface area contributed by atoms with Gasteiger partial charge in [0.1, 0.15) is 0 Å². The summed E-state index contributed by atoms with van der Waals surface area (Å²) in [6, 6.07) is 8.72. The molecule has 5 heterocycles. The van der Waals surface area contributed by atoms with E-state index in [2.05, 4.69) is 79.7 Å². The maximum absolute atomic E-state index is 5.11. The van der Waals surface area contributed by atoms with E-state index in [0.29, 0.717) is 0 Å². The van der Waals surface area contributed by atoms with Crippen LogP contribution in [0, 0.1) is 13.8 Å². The van der Waals surface area contributed by atoms with Gasteiger partial charge < -0.3 is 15.4 Å². The quantitative estimate of drug-likeness (QED) is 0.335. The van der Waals surface area contributed by atoms with Crippen LogP contribution in [0.5, 0.6) is 0 Å². The van der Waals surface area contributed by atoms with Crippen LogP contribution in [0.4, 0.5) is 0 Å². The molecule has 0 saturated carbocycles. The van der Waals surface area contributed by atoms with Gasteiger partial charge in [-0.2, -0.15) is 0 Å². The van der Waals surface area contributed by atoms with Crippen molar-refractivity contribution in [2.24, 2.45) is 0 Å². The van der Waals surface area contributed by atoms with Crippen LogP contribution in [0.25, 0.3) is 44.4 Å². The molecule has 3 aromatic heterocycles. The van der Waals surface area contributed by atoms with E-state index >= 15 is 0 Å². The molecule has 5 rings (SSSR count). The van der Waals surface area contributed by atoms with Gasteiger partial charge in [0, 0.05) is 0 Å². The molecule has 0 amide bonds. The van der Waals surface area contributed by atoms with Crippen molar-refractivity contribution in [2.45, 2.75) is 81.1 Å². The molecule has 0 spiro atoms. The standard InChI is InChI=1S/C32H36N4.O.V/c1-9-21-17(5)25-14-30-23(11-3)19(7)27(35-30)16-32-24(12-4)20(8)28(36-32)15-31-22(10-2)18(6)26(34-31)13-29(21)33-25;;/h13-16H,9-12H2,1-8H3;;/q2*-2;+4. The SMILES string of the molecule is CCC1=C(C)c2cc3[n-]c(cc4[n-]c(cc5nc(cc1n2)C(C)=C5CC)c(C)c4CC)c(C)c3CC.[O-2].[V+4]. The van der Waals surface area contributed by atoms with Gasteiger partial charge in [-0.25, -0.2) is 9.97 Å². The summed E-state index contributed by atoms with van der Waals surface area (Å²) in [5.41, 5.74) is 18.2. The molecule has 0 aliphatic carbocycles. The third-order valence-electron chi connectivity index (χ3n) is 8.06. The summed E-state index contributed by atoms with van der Waals surface area (Å²) >= 11 is 0. The molecule has 6 heteroatoms. The number of allylic oxidation sites excluding steroid dienone is 4. The zero-order valence-corrected chi connectivity index (χ0v) is 25.2. The van der Waals surface area contributed by atoms with Crippen molar-refractivity contribution in [2.75, 3.05) is 0 Å². The summed E-state index contributed by atoms with van der Waals surface area (Å²) in [6.45, 7) is 17.6. The molecule has 3 aromatic rings. The van der Waals surface area contributed by atoms with Crippen LogP contribution in [0.3, 0.4) is 0 Å². The average Bonchev–Trinajstić information content (AvgIpc) is 3.51. The van der Waals surface area contributed by atoms with E-state index in [1.807, 2.05) is 0 Å². The van der Waals surface area contributed by atoms with Crippen LogP contribution in [-0.4, -0.2) is 9.97 Å². The van der Waals surface area contributed by atoms with Gasteiger partial charge in [-0.1, -0.05) is 68.1 Å². The smallest absolute Gasteiger partial charge is 2.00 e. The minimum absolute atomic E-state index is 0. The third-order valence-corrected chi connectivity index (χ3v) is 8.06. The van der Waals surface area contributed by atoms with Crippen molar-refractivity contribution in [3.05, 3.63) is 69.3 Å². The molecule has 0 fully saturated rings. The average molecular weight is 544 g/mol. The number of rotatable bonds is 4. The first-order chi connectivity index (χ1) is 17.3. The first-order valence-corrected chi connectivity index (χ1v) is 13.3. The van der Waals surface area contributed by atoms with Crippen molar-refractivity contribution < 1.29 is 24.0 Å². The number of nitrogens with zero attached hydrogens (tertiary/aromatic N) is 4. The summed E-state index contributed by atoms with van der Waals surface area (Å²) < 4.78 is 0. The Bertz CT molecular complexity index is 1620. The maximum atomic E-state index is 5.11. The third kappa shape index (κ3) is 4.72. The molecule has 5 nitrogen and oxygen atoms in total. The predicted molar refractivity (Wildman–Crippen MR) is 153 cm³/mol. The van der Waals surface area contributed by atoms with Crippen molar-refractivity contribution in [3.63, 3.8) is 0 Å². The van der Waals surface area contributed by atoms with Crippen LogP contribution < -0.4 is 9.97 Å². The van der Waals surface area contributed by atoms with Crippen LogP contribution >= 0.6 is 0 Å². The van der Waals surface area contributed by atoms with Crippen molar-refractivity contribution in [1.29, 1.82) is 0 Å². The van der Waals surface area contributed by atoms with Gasteiger partial charge in [-0.15, -0.1) is 22.1 Å². The van der Waals surface area contributed by atoms with Gasteiger partial charge in [0.25, 0.3) is 0 Å². The van der Waals surface area contributed by atoms with E-state index in [1.54, 1.807) is 0 Å². The summed E-state index contributed by atoms with van der Waals surface area (Å²) in [7, 11) is 0. The fraction of sp³-hybridized carbons (Fsp3) is 0.375. The van der Waals surface area contributed by atoms with Crippen LogP contribution in [-0.2, 0) is 36.9 Å². The normalized spacial score (nSPS) is 13.1. The van der Waals surface area contributed by atoms with Crippen LogP contribution in [0.2, 0.25) is 0 Å². The summed E-state index contributed by atoms with van der Waals surface area (Å²) in [6.07, 6.45) is 3.74. The summed E-state index contributed by atoms with van der Waals surface area (Å²) in [5.74, 6) is 0. The van der Waals surface area contributed by atoms with E-state index < -0.39 is 0 Å². The fourth-order valence-corrected chi connectivity index (χ4v) is 5.85. The summed E-state index contributed by atoms with van der Waals surface area (Å²) in [4.78, 5) is 20.4. The first kappa shape index (κ1) is 29.7. The van der Waals surface area contributed by atoms with E-state index in [4.69, 9.17) is 19.9 Å². The van der Waals surface area contributed by atoms with Gasteiger partial charge in [-0.05, 0) is 81.7 Å². The maximum Gasteiger partial charge on any atom is 4.00 e. The van der Waals surface area contributed by atoms with Gasteiger partial charge in [-0.3, -0.25) is 0 Å². The van der Waals surface area contributed by atoms with E-state index in [9.17, 15) is 0 Å². The number of fused-ring (bicyclic) bond motifs is 8. The van der Waals surface area contributed by atoms with E-state index in [-0.39, 0.29) is 24.0 Å². The molecule has 1 radical (unpaired) electrons. The number of aromatic nitrogens is 4. The van der Waals surface area contributed by atoms with Crippen LogP contribution in [0.1, 0.15) is 99.4 Å². The van der Waals surface area contributed by atoms with Gasteiger partial charge in [0.2, 0.25) is 0 Å². The Hall–Kier alpha value is -2.86. The van der Waals surface area contributed by atoms with E-state index in [0.717, 1.165) is 70.5 Å². The molecule has 0 aromatic carbocycles. The molecule has 2 aliphatic heterocycles. The van der Waals surface area contributed by atoms with Crippen molar-refractivity contribution in [3.8, 4) is 0 Å². The molecule has 8 bridgehead atoms. The van der Waals surface area contributed by atoms with Crippen LogP contribution in [0.15, 0.2) is 24.3 Å². The second-order valence-corrected chi connectivity index (χ2v) is 9.93. The molecule has 0 unspecified atom stereocenters. The Morgan fingerprint density at radius 2 is 0.921 bits per heavy atom. The Morgan fingerprint density at radius 1 is 0.526 bits per heavy atom. The zero-order valence-electron chi connectivity index (χ0n) is 23.8. The number of hydrogen-bond donors (Lipinski definition) is 0. The van der Waals surface area contributed by atoms with Crippen molar-refractivity contribution >= 4 is 44.4 Å². The second-order valence-electron chi connectivity index (χ2n) is 9.93. The van der Waals surface area contributed by atoms with Crippen molar-refractivity contribution in [1.82, 2.24) is 19.9 Å². The molecule has 195 valence electrons. The second kappa shape index (κ2) is 11.5. The van der Waals surface area contributed by atoms with Gasteiger partial charge in [0.05, 0.1) is 22.8 Å². The predicted octanol–water partition coefficient (Wildman–Crippen LogP) is 7.87. The van der Waals surface area contributed by atoms with Gasteiger partial charge >= 0.3 is 18.6 Å². The Morgan fingerprint density at radius 3 is 1.39 bits per heavy atom. The minimum atomic E-state index is 0. The number of hydrogen-bond acceptors (Lipinski definition) is 2.